The van der Waals surface area contributed by atoms with E-state index in [1.165, 1.54) is 18.6 Å². The predicted molar refractivity (Wildman–Crippen MR) is 49.3 cm³/mol. The second-order valence-corrected chi connectivity index (χ2v) is 3.39. The number of nitrogens with one attached hydrogen (secondary N) is 1. The van der Waals surface area contributed by atoms with Crippen LogP contribution in [0.5, 0.6) is 0 Å². The van der Waals surface area contributed by atoms with Crippen LogP contribution in [0.4, 0.5) is 0 Å². The van der Waals surface area contributed by atoms with Crippen LogP contribution in [-0.2, 0) is 0 Å². The number of hydrogen-bond donors (Lipinski definition) is 1. The number of hydrogen-bond acceptors (Lipinski definition) is 2. The van der Waals surface area contributed by atoms with E-state index in [4.69, 9.17) is 0 Å². The molecule has 0 fully saturated rings. The summed E-state index contributed by atoms with van der Waals surface area (Å²) in [6, 6.07) is 1.11. The highest BCUT2D eigenvalue weighted by Gasteiger charge is 2.17. The van der Waals surface area contributed by atoms with Crippen molar-refractivity contribution in [3.63, 3.8) is 0 Å². The van der Waals surface area contributed by atoms with Gasteiger partial charge in [-0.1, -0.05) is 13.3 Å². The first-order valence-electron chi connectivity index (χ1n) is 4.51. The van der Waals surface area contributed by atoms with Gasteiger partial charge in [0.1, 0.15) is 0 Å². The van der Waals surface area contributed by atoms with Crippen molar-refractivity contribution in [1.29, 1.82) is 0 Å². The summed E-state index contributed by atoms with van der Waals surface area (Å²) in [4.78, 5) is 4.47. The molecule has 2 heteroatoms. The van der Waals surface area contributed by atoms with E-state index in [1.807, 2.05) is 0 Å². The molecule has 1 N–H and O–H groups in total. The van der Waals surface area contributed by atoms with Crippen LogP contribution in [0, 0.1) is 0 Å². The highest BCUT2D eigenvalue weighted by Crippen LogP contribution is 2.06. The van der Waals surface area contributed by atoms with Crippen molar-refractivity contribution in [3.05, 3.63) is 0 Å². The van der Waals surface area contributed by atoms with Crippen LogP contribution < -0.4 is 5.32 Å². The van der Waals surface area contributed by atoms with Crippen molar-refractivity contribution in [2.75, 3.05) is 6.54 Å². The van der Waals surface area contributed by atoms with Crippen molar-refractivity contribution in [3.8, 4) is 0 Å². The summed E-state index contributed by atoms with van der Waals surface area (Å²) in [6.07, 6.45) is 2.46. The first-order chi connectivity index (χ1) is 5.24. The van der Waals surface area contributed by atoms with E-state index in [-0.39, 0.29) is 0 Å². The van der Waals surface area contributed by atoms with E-state index in [1.54, 1.807) is 0 Å². The van der Waals surface area contributed by atoms with E-state index < -0.39 is 0 Å². The third kappa shape index (κ3) is 2.29. The summed E-state index contributed by atoms with van der Waals surface area (Å²) >= 11 is 0. The Morgan fingerprint density at radius 1 is 1.64 bits per heavy atom. The molecule has 0 saturated heterocycles. The molecule has 1 heterocycles. The quantitative estimate of drug-likeness (QED) is 0.642. The molecular weight excluding hydrogens is 136 g/mol. The average Bonchev–Trinajstić information content (AvgIpc) is 1.98. The third-order valence-corrected chi connectivity index (χ3v) is 2.18. The lowest BCUT2D eigenvalue weighted by molar-refractivity contribution is 0.472. The SMILES string of the molecule is CCCC1NC(C)CN=C1C. The van der Waals surface area contributed by atoms with Crippen molar-refractivity contribution in [1.82, 2.24) is 5.32 Å². The van der Waals surface area contributed by atoms with Gasteiger partial charge in [0.25, 0.3) is 0 Å². The number of rotatable bonds is 2. The fourth-order valence-corrected chi connectivity index (χ4v) is 1.49. The minimum absolute atomic E-state index is 0.545. The topological polar surface area (TPSA) is 24.4 Å². The van der Waals surface area contributed by atoms with Crippen LogP contribution in [-0.4, -0.2) is 24.3 Å². The van der Waals surface area contributed by atoms with Gasteiger partial charge >= 0.3 is 0 Å². The fraction of sp³-hybridized carbons (Fsp3) is 0.889. The summed E-state index contributed by atoms with van der Waals surface area (Å²) in [6.45, 7) is 7.48. The minimum atomic E-state index is 0.545. The zero-order valence-corrected chi connectivity index (χ0v) is 7.72. The smallest absolute Gasteiger partial charge is 0.0540 e. The lowest BCUT2D eigenvalue weighted by Crippen LogP contribution is -2.46. The molecule has 0 aromatic carbocycles. The predicted octanol–water partition coefficient (Wildman–Crippen LogP) is 1.61. The van der Waals surface area contributed by atoms with E-state index in [9.17, 15) is 0 Å². The van der Waals surface area contributed by atoms with E-state index >= 15 is 0 Å². The summed E-state index contributed by atoms with van der Waals surface area (Å²) in [5, 5.41) is 3.54. The molecule has 2 unspecified atom stereocenters. The van der Waals surface area contributed by atoms with Crippen molar-refractivity contribution in [2.45, 2.75) is 45.7 Å². The molecule has 0 spiro atoms. The Kier molecular flexibility index (Phi) is 3.06. The lowest BCUT2D eigenvalue weighted by Gasteiger charge is -2.26. The third-order valence-electron chi connectivity index (χ3n) is 2.18. The van der Waals surface area contributed by atoms with Gasteiger partial charge in [0.2, 0.25) is 0 Å². The summed E-state index contributed by atoms with van der Waals surface area (Å²) in [7, 11) is 0. The molecule has 0 bridgehead atoms. The minimum Gasteiger partial charge on any atom is -0.305 e. The molecule has 0 radical (unpaired) electrons. The van der Waals surface area contributed by atoms with Crippen molar-refractivity contribution < 1.29 is 0 Å². The van der Waals surface area contributed by atoms with Gasteiger partial charge in [-0.3, -0.25) is 4.99 Å². The lowest BCUT2D eigenvalue weighted by atomic mass is 10.0. The van der Waals surface area contributed by atoms with E-state index in [0.717, 1.165) is 6.54 Å². The largest absolute Gasteiger partial charge is 0.305 e. The zero-order chi connectivity index (χ0) is 8.27. The molecule has 1 aliphatic heterocycles. The summed E-state index contributed by atoms with van der Waals surface area (Å²) in [5.74, 6) is 0. The van der Waals surface area contributed by atoms with Crippen LogP contribution in [0.15, 0.2) is 4.99 Å². The van der Waals surface area contributed by atoms with Gasteiger partial charge in [-0.2, -0.15) is 0 Å². The maximum absolute atomic E-state index is 4.47. The first-order valence-corrected chi connectivity index (χ1v) is 4.51. The maximum Gasteiger partial charge on any atom is 0.0540 e. The second-order valence-electron chi connectivity index (χ2n) is 3.39. The Morgan fingerprint density at radius 2 is 2.36 bits per heavy atom. The van der Waals surface area contributed by atoms with E-state index in [2.05, 4.69) is 31.1 Å². The van der Waals surface area contributed by atoms with Crippen LogP contribution in [0.1, 0.15) is 33.6 Å². The monoisotopic (exact) mass is 154 g/mol. The molecule has 2 atom stereocenters. The molecular formula is C9H18N2. The van der Waals surface area contributed by atoms with Gasteiger partial charge in [-0.05, 0) is 20.3 Å². The summed E-state index contributed by atoms with van der Waals surface area (Å²) < 4.78 is 0. The van der Waals surface area contributed by atoms with Crippen LogP contribution >= 0.6 is 0 Å². The Bertz CT molecular complexity index is 152. The molecule has 0 saturated carbocycles. The molecule has 2 nitrogen and oxygen atoms in total. The maximum atomic E-state index is 4.47. The second kappa shape index (κ2) is 3.86. The molecule has 1 aliphatic rings. The van der Waals surface area contributed by atoms with Crippen LogP contribution in [0.25, 0.3) is 0 Å². The Labute approximate surface area is 69.1 Å². The molecule has 0 aliphatic carbocycles. The highest BCUT2D eigenvalue weighted by molar-refractivity contribution is 5.87. The Hall–Kier alpha value is -0.370. The standard InChI is InChI=1S/C9H18N2/c1-4-5-9-8(3)10-6-7(2)11-9/h7,9,11H,4-6H2,1-3H3. The highest BCUT2D eigenvalue weighted by atomic mass is 15.0. The van der Waals surface area contributed by atoms with Crippen LogP contribution in [0.2, 0.25) is 0 Å². The van der Waals surface area contributed by atoms with E-state index in [0.29, 0.717) is 12.1 Å². The molecule has 0 aromatic rings. The molecule has 0 amide bonds. The van der Waals surface area contributed by atoms with Crippen molar-refractivity contribution >= 4 is 5.71 Å². The number of aliphatic imine (C=N–C) groups is 1. The Morgan fingerprint density at radius 3 is 3.00 bits per heavy atom. The molecule has 11 heavy (non-hydrogen) atoms. The van der Waals surface area contributed by atoms with Crippen molar-refractivity contribution in [2.24, 2.45) is 4.99 Å². The normalized spacial score (nSPS) is 31.7. The molecule has 64 valence electrons. The van der Waals surface area contributed by atoms with Gasteiger partial charge in [0, 0.05) is 17.8 Å². The van der Waals surface area contributed by atoms with Gasteiger partial charge in [-0.25, -0.2) is 0 Å². The summed E-state index contributed by atoms with van der Waals surface area (Å²) in [5.41, 5.74) is 1.28. The molecule has 0 aromatic heterocycles. The van der Waals surface area contributed by atoms with Gasteiger partial charge in [0.05, 0.1) is 6.54 Å². The van der Waals surface area contributed by atoms with Gasteiger partial charge in [0.15, 0.2) is 0 Å². The average molecular weight is 154 g/mol. The molecule has 1 rings (SSSR count). The first kappa shape index (κ1) is 8.72. The zero-order valence-electron chi connectivity index (χ0n) is 7.72. The van der Waals surface area contributed by atoms with Gasteiger partial charge in [-0.15, -0.1) is 0 Å². The Balaban J connectivity index is 2.49. The van der Waals surface area contributed by atoms with Crippen LogP contribution in [0.3, 0.4) is 0 Å². The van der Waals surface area contributed by atoms with Gasteiger partial charge < -0.3 is 5.32 Å². The number of nitrogens with zero attached hydrogens (tertiary/aromatic N) is 1. The fourth-order valence-electron chi connectivity index (χ4n) is 1.49.